The third-order valence-electron chi connectivity index (χ3n) is 5.45. The van der Waals surface area contributed by atoms with Gasteiger partial charge in [-0.1, -0.05) is 6.42 Å². The lowest BCUT2D eigenvalue weighted by molar-refractivity contribution is -0.149. The van der Waals surface area contributed by atoms with Crippen molar-refractivity contribution in [2.45, 2.75) is 19.3 Å². The van der Waals surface area contributed by atoms with Gasteiger partial charge in [0.05, 0.1) is 30.9 Å². The Balaban J connectivity index is 1.75. The van der Waals surface area contributed by atoms with Gasteiger partial charge in [0.1, 0.15) is 5.75 Å². The molecule has 1 aliphatic carbocycles. The highest BCUT2D eigenvalue weighted by atomic mass is 16.5. The Morgan fingerprint density at radius 3 is 2.69 bits per heavy atom. The molecule has 0 unspecified atom stereocenters. The number of benzene rings is 1. The van der Waals surface area contributed by atoms with E-state index in [4.69, 9.17) is 4.74 Å². The number of nitrogens with zero attached hydrogens (tertiary/aromatic N) is 1. The van der Waals surface area contributed by atoms with Crippen LogP contribution in [0.5, 0.6) is 5.75 Å². The van der Waals surface area contributed by atoms with Crippen molar-refractivity contribution in [1.29, 1.82) is 0 Å². The van der Waals surface area contributed by atoms with Crippen molar-refractivity contribution in [2.75, 3.05) is 32.6 Å². The number of fused-ring (bicyclic) bond motifs is 1. The molecule has 2 fully saturated rings. The summed E-state index contributed by atoms with van der Waals surface area (Å²) in [5.41, 5.74) is -0.106. The molecule has 2 atom stereocenters. The van der Waals surface area contributed by atoms with Gasteiger partial charge in [-0.05, 0) is 37.0 Å². The largest absolute Gasteiger partial charge is 0.495 e. The van der Waals surface area contributed by atoms with Crippen LogP contribution in [0.1, 0.15) is 29.6 Å². The molecule has 1 saturated heterocycles. The summed E-state index contributed by atoms with van der Waals surface area (Å²) in [5, 5.41) is 12.4. The molecule has 0 bridgehead atoms. The molecule has 1 heterocycles. The van der Waals surface area contributed by atoms with Gasteiger partial charge in [0.2, 0.25) is 0 Å². The normalized spacial score (nSPS) is 24.1. The first-order chi connectivity index (χ1) is 12.4. The Bertz CT molecular complexity index is 749. The molecule has 2 amide bonds. The standard InChI is InChI=1S/C18H22N2O6/c1-25-14-8-11(15(21)26-2)5-6-13(14)19-17(24)20-9-12-4-3-7-18(12,10-20)16(22)23/h5-6,8,12H,3-4,7,9-10H2,1-2H3,(H,19,24)(H,22,23)/t12-,18+/m0/s1. The second kappa shape index (κ2) is 6.86. The SMILES string of the molecule is COC(=O)c1ccc(NC(=O)N2C[C@@H]3CCC[C@@]3(C(=O)O)C2)c(OC)c1. The van der Waals surface area contributed by atoms with Crippen LogP contribution in [0, 0.1) is 11.3 Å². The third-order valence-corrected chi connectivity index (χ3v) is 5.45. The molecule has 2 N–H and O–H groups in total. The monoisotopic (exact) mass is 362 g/mol. The molecule has 2 aliphatic rings. The fraction of sp³-hybridized carbons (Fsp3) is 0.500. The first-order valence-electron chi connectivity index (χ1n) is 8.47. The van der Waals surface area contributed by atoms with Crippen molar-refractivity contribution in [1.82, 2.24) is 4.90 Å². The van der Waals surface area contributed by atoms with E-state index in [2.05, 4.69) is 10.1 Å². The number of carboxylic acids is 1. The molecule has 3 rings (SSSR count). The van der Waals surface area contributed by atoms with Gasteiger partial charge in [-0.25, -0.2) is 9.59 Å². The molecule has 8 heteroatoms. The predicted molar refractivity (Wildman–Crippen MR) is 92.3 cm³/mol. The van der Waals surface area contributed by atoms with Crippen LogP contribution in [-0.2, 0) is 9.53 Å². The van der Waals surface area contributed by atoms with Gasteiger partial charge in [-0.2, -0.15) is 0 Å². The molecule has 1 aromatic carbocycles. The van der Waals surface area contributed by atoms with Crippen molar-refractivity contribution >= 4 is 23.7 Å². The molecular formula is C18H22N2O6. The maximum atomic E-state index is 12.6. The van der Waals surface area contributed by atoms with E-state index in [1.807, 2.05) is 0 Å². The van der Waals surface area contributed by atoms with Crippen LogP contribution in [0.4, 0.5) is 10.5 Å². The molecule has 0 spiro atoms. The number of ether oxygens (including phenoxy) is 2. The zero-order valence-electron chi connectivity index (χ0n) is 14.8. The average molecular weight is 362 g/mol. The van der Waals surface area contributed by atoms with Crippen molar-refractivity contribution in [2.24, 2.45) is 11.3 Å². The van der Waals surface area contributed by atoms with Crippen LogP contribution in [-0.4, -0.2) is 55.3 Å². The van der Waals surface area contributed by atoms with Crippen molar-refractivity contribution < 1.29 is 29.0 Å². The van der Waals surface area contributed by atoms with Gasteiger partial charge in [0.25, 0.3) is 0 Å². The van der Waals surface area contributed by atoms with Crippen LogP contribution < -0.4 is 10.1 Å². The van der Waals surface area contributed by atoms with Crippen molar-refractivity contribution in [3.05, 3.63) is 23.8 Å². The number of hydrogen-bond acceptors (Lipinski definition) is 5. The summed E-state index contributed by atoms with van der Waals surface area (Å²) in [5.74, 6) is -1.00. The number of amides is 2. The Labute approximate surface area is 151 Å². The first kappa shape index (κ1) is 18.0. The average Bonchev–Trinajstić information content (AvgIpc) is 3.19. The number of esters is 1. The van der Waals surface area contributed by atoms with Gasteiger partial charge in [-0.3, -0.25) is 4.79 Å². The lowest BCUT2D eigenvalue weighted by atomic mass is 9.81. The second-order valence-corrected chi connectivity index (χ2v) is 6.77. The van der Waals surface area contributed by atoms with E-state index in [-0.39, 0.29) is 18.5 Å². The Hall–Kier alpha value is -2.77. The highest BCUT2D eigenvalue weighted by Crippen LogP contribution is 2.49. The summed E-state index contributed by atoms with van der Waals surface area (Å²) in [4.78, 5) is 37.5. The quantitative estimate of drug-likeness (QED) is 0.796. The predicted octanol–water partition coefficient (Wildman–Crippen LogP) is 2.20. The number of aliphatic carboxylic acids is 1. The van der Waals surface area contributed by atoms with Crippen LogP contribution >= 0.6 is 0 Å². The number of nitrogens with one attached hydrogen (secondary N) is 1. The second-order valence-electron chi connectivity index (χ2n) is 6.77. The molecule has 140 valence electrons. The number of carbonyl (C=O) groups is 3. The van der Waals surface area contributed by atoms with Gasteiger partial charge in [0, 0.05) is 13.1 Å². The summed E-state index contributed by atoms with van der Waals surface area (Å²) in [6.07, 6.45) is 2.32. The van der Waals surface area contributed by atoms with E-state index in [0.29, 0.717) is 30.0 Å². The molecule has 0 aromatic heterocycles. The van der Waals surface area contributed by atoms with Crippen molar-refractivity contribution in [3.8, 4) is 5.75 Å². The zero-order chi connectivity index (χ0) is 18.9. The lowest BCUT2D eigenvalue weighted by Crippen LogP contribution is -2.38. The molecule has 8 nitrogen and oxygen atoms in total. The maximum Gasteiger partial charge on any atom is 0.337 e. The van der Waals surface area contributed by atoms with Crippen LogP contribution in [0.3, 0.4) is 0 Å². The van der Waals surface area contributed by atoms with Gasteiger partial charge < -0.3 is 24.8 Å². The van der Waals surface area contributed by atoms with Crippen LogP contribution in [0.15, 0.2) is 18.2 Å². The first-order valence-corrected chi connectivity index (χ1v) is 8.47. The number of urea groups is 1. The summed E-state index contributed by atoms with van der Waals surface area (Å²) >= 11 is 0. The maximum absolute atomic E-state index is 12.6. The Morgan fingerprint density at radius 2 is 2.08 bits per heavy atom. The molecule has 0 radical (unpaired) electrons. The van der Waals surface area contributed by atoms with E-state index >= 15 is 0 Å². The fourth-order valence-corrected chi connectivity index (χ4v) is 4.03. The van der Waals surface area contributed by atoms with E-state index < -0.39 is 17.4 Å². The number of carboxylic acid groups (broad SMARTS) is 1. The van der Waals surface area contributed by atoms with Crippen LogP contribution in [0.25, 0.3) is 0 Å². The zero-order valence-corrected chi connectivity index (χ0v) is 14.8. The van der Waals surface area contributed by atoms with E-state index in [1.54, 1.807) is 11.0 Å². The van der Waals surface area contributed by atoms with Gasteiger partial charge in [-0.15, -0.1) is 0 Å². The minimum absolute atomic E-state index is 0.00524. The third kappa shape index (κ3) is 2.95. The number of rotatable bonds is 4. The minimum atomic E-state index is -0.824. The summed E-state index contributed by atoms with van der Waals surface area (Å²) in [6.45, 7) is 0.641. The number of anilines is 1. The highest BCUT2D eigenvalue weighted by molar-refractivity contribution is 5.95. The lowest BCUT2D eigenvalue weighted by Gasteiger charge is -2.23. The summed E-state index contributed by atoms with van der Waals surface area (Å²) in [7, 11) is 2.72. The number of hydrogen-bond donors (Lipinski definition) is 2. The van der Waals surface area contributed by atoms with Gasteiger partial charge in [0.15, 0.2) is 0 Å². The number of likely N-dealkylation sites (tertiary alicyclic amines) is 1. The molecule has 1 saturated carbocycles. The Morgan fingerprint density at radius 1 is 1.31 bits per heavy atom. The molecule has 1 aromatic rings. The Kier molecular flexibility index (Phi) is 4.76. The van der Waals surface area contributed by atoms with E-state index in [0.717, 1.165) is 12.8 Å². The fourth-order valence-electron chi connectivity index (χ4n) is 4.03. The summed E-state index contributed by atoms with van der Waals surface area (Å²) < 4.78 is 9.91. The van der Waals surface area contributed by atoms with Gasteiger partial charge >= 0.3 is 18.0 Å². The molecular weight excluding hydrogens is 340 g/mol. The van der Waals surface area contributed by atoms with E-state index in [1.165, 1.54) is 26.4 Å². The smallest absolute Gasteiger partial charge is 0.337 e. The molecule has 26 heavy (non-hydrogen) atoms. The van der Waals surface area contributed by atoms with E-state index in [9.17, 15) is 19.5 Å². The topological polar surface area (TPSA) is 105 Å². The van der Waals surface area contributed by atoms with Crippen LogP contribution in [0.2, 0.25) is 0 Å². The molecule has 1 aliphatic heterocycles. The highest BCUT2D eigenvalue weighted by Gasteiger charge is 2.55. The number of carbonyl (C=O) groups excluding carboxylic acids is 2. The minimum Gasteiger partial charge on any atom is -0.495 e. The summed E-state index contributed by atoms with van der Waals surface area (Å²) in [6, 6.07) is 4.21. The number of methoxy groups -OCH3 is 2. The van der Waals surface area contributed by atoms with Crippen molar-refractivity contribution in [3.63, 3.8) is 0 Å².